The number of hydrogen-bond donors (Lipinski definition) is 0. The molecule has 0 aromatic carbocycles. The molecule has 3 rings (SSSR count). The standard InChI is InChI=1S/C42H74O6Si2/c1-17-28(2)26-29(3)18-24-35-31(5)27-34(45-35)23-22-33(43)21-19-30(4)37-39(47-49(13,14)41(7,8)9)40(48-50(15,16)42(10,11)12)38-36(46-37)25-20-32(6)44-38/h19,21,29-30,32,34-40H,1,5,18,20,22-27H2,2-4,6-16H3/b21-19+/t29-,30-,32-,34?,35-,36-,37-,38-,39+,40-/m0/s1. The maximum absolute atomic E-state index is 13.3. The van der Waals surface area contributed by atoms with Crippen LogP contribution >= 0.6 is 0 Å². The van der Waals surface area contributed by atoms with Gasteiger partial charge in [0.15, 0.2) is 22.4 Å². The van der Waals surface area contributed by atoms with E-state index in [0.717, 1.165) is 44.1 Å². The molecular formula is C42H74O6Si2. The van der Waals surface area contributed by atoms with Gasteiger partial charge in [0, 0.05) is 12.3 Å². The average Bonchev–Trinajstić information content (AvgIpc) is 3.36. The molecule has 0 spiro atoms. The van der Waals surface area contributed by atoms with Crippen molar-refractivity contribution in [2.45, 2.75) is 206 Å². The smallest absolute Gasteiger partial charge is 0.192 e. The van der Waals surface area contributed by atoms with Crippen LogP contribution in [-0.2, 0) is 27.9 Å². The van der Waals surface area contributed by atoms with Gasteiger partial charge in [-0.25, -0.2) is 0 Å². The maximum Gasteiger partial charge on any atom is 0.192 e. The van der Waals surface area contributed by atoms with Gasteiger partial charge < -0.3 is 23.1 Å². The molecule has 1 unspecified atom stereocenters. The molecule has 0 bridgehead atoms. The SMILES string of the molecule is C=C=C(C)C[C@@H](C)CC[C@@H]1OC(CCC(=O)/C=C/[C@H](C)[C@@H]2O[C@H]3CC[C@H](C)O[C@@H]3[C@H](O[Si](C)(C)C(C)(C)C)[C@@H]2O[Si](C)(C)C(C)(C)C)CC1=C. The Morgan fingerprint density at radius 3 is 2.14 bits per heavy atom. The van der Waals surface area contributed by atoms with E-state index in [0.29, 0.717) is 18.8 Å². The Bertz CT molecular complexity index is 1240. The molecule has 3 saturated heterocycles. The van der Waals surface area contributed by atoms with E-state index in [1.165, 1.54) is 5.57 Å². The second-order valence-corrected chi connectivity index (χ2v) is 28.5. The number of hydrogen-bond acceptors (Lipinski definition) is 6. The van der Waals surface area contributed by atoms with Crippen LogP contribution in [0.3, 0.4) is 0 Å². The van der Waals surface area contributed by atoms with Crippen molar-refractivity contribution in [2.24, 2.45) is 11.8 Å². The fourth-order valence-electron chi connectivity index (χ4n) is 6.93. The van der Waals surface area contributed by atoms with Crippen LogP contribution in [0.25, 0.3) is 0 Å². The van der Waals surface area contributed by atoms with E-state index >= 15 is 0 Å². The van der Waals surface area contributed by atoms with E-state index in [4.69, 9.17) is 23.1 Å². The maximum atomic E-state index is 13.3. The van der Waals surface area contributed by atoms with Crippen LogP contribution in [0.5, 0.6) is 0 Å². The van der Waals surface area contributed by atoms with Crippen molar-refractivity contribution >= 4 is 22.4 Å². The second kappa shape index (κ2) is 17.4. The minimum atomic E-state index is -2.24. The molecule has 8 heteroatoms. The van der Waals surface area contributed by atoms with Crippen molar-refractivity contribution in [3.8, 4) is 0 Å². The summed E-state index contributed by atoms with van der Waals surface area (Å²) in [5.41, 5.74) is 5.37. The molecule has 0 saturated carbocycles. The summed E-state index contributed by atoms with van der Waals surface area (Å²) >= 11 is 0. The summed E-state index contributed by atoms with van der Waals surface area (Å²) in [7, 11) is -4.44. The first kappa shape index (κ1) is 43.3. The molecule has 0 radical (unpaired) electrons. The van der Waals surface area contributed by atoms with Crippen molar-refractivity contribution in [3.05, 3.63) is 42.2 Å². The number of carbonyl (C=O) groups is 1. The fraction of sp³-hybridized carbons (Fsp3) is 0.810. The Balaban J connectivity index is 1.74. The molecule has 3 heterocycles. The largest absolute Gasteiger partial charge is 0.409 e. The van der Waals surface area contributed by atoms with Crippen molar-refractivity contribution in [1.29, 1.82) is 0 Å². The molecule has 0 amide bonds. The Morgan fingerprint density at radius 1 is 0.960 bits per heavy atom. The van der Waals surface area contributed by atoms with Gasteiger partial charge in [-0.05, 0) is 118 Å². The Hall–Kier alpha value is -1.10. The first-order valence-corrected chi connectivity index (χ1v) is 25.3. The van der Waals surface area contributed by atoms with Crippen LogP contribution in [-0.4, -0.2) is 71.2 Å². The van der Waals surface area contributed by atoms with Gasteiger partial charge in [-0.1, -0.05) is 74.6 Å². The number of carbonyl (C=O) groups excluding carboxylic acids is 1. The van der Waals surface area contributed by atoms with Crippen LogP contribution in [0.4, 0.5) is 0 Å². The summed E-state index contributed by atoms with van der Waals surface area (Å²) in [6.45, 7) is 39.7. The predicted molar refractivity (Wildman–Crippen MR) is 213 cm³/mol. The van der Waals surface area contributed by atoms with E-state index in [1.807, 2.05) is 6.08 Å². The molecule has 0 aliphatic carbocycles. The topological polar surface area (TPSA) is 63.2 Å². The molecule has 10 atom stereocenters. The predicted octanol–water partition coefficient (Wildman–Crippen LogP) is 10.9. The molecule has 3 aliphatic rings. The van der Waals surface area contributed by atoms with Crippen LogP contribution in [0, 0.1) is 11.8 Å². The molecule has 3 aliphatic heterocycles. The van der Waals surface area contributed by atoms with Crippen LogP contribution in [0.2, 0.25) is 36.3 Å². The van der Waals surface area contributed by atoms with E-state index in [-0.39, 0.29) is 70.6 Å². The summed E-state index contributed by atoms with van der Waals surface area (Å²) < 4.78 is 34.7. The fourth-order valence-corrected chi connectivity index (χ4v) is 9.54. The molecule has 6 nitrogen and oxygen atoms in total. The number of ether oxygens (including phenoxy) is 3. The van der Waals surface area contributed by atoms with E-state index in [2.05, 4.69) is 114 Å². The third kappa shape index (κ3) is 11.5. The van der Waals surface area contributed by atoms with Gasteiger partial charge in [-0.15, -0.1) is 5.73 Å². The Morgan fingerprint density at radius 2 is 1.56 bits per heavy atom. The van der Waals surface area contributed by atoms with Gasteiger partial charge in [-0.3, -0.25) is 4.79 Å². The highest BCUT2D eigenvalue weighted by Gasteiger charge is 2.56. The first-order chi connectivity index (χ1) is 23.0. The highest BCUT2D eigenvalue weighted by atomic mass is 28.4. The average molecular weight is 731 g/mol. The van der Waals surface area contributed by atoms with Gasteiger partial charge >= 0.3 is 0 Å². The van der Waals surface area contributed by atoms with Crippen molar-refractivity contribution in [2.75, 3.05) is 0 Å². The molecule has 286 valence electrons. The summed E-state index contributed by atoms with van der Waals surface area (Å²) in [4.78, 5) is 13.3. The highest BCUT2D eigenvalue weighted by Crippen LogP contribution is 2.46. The lowest BCUT2D eigenvalue weighted by Crippen LogP contribution is -2.67. The summed E-state index contributed by atoms with van der Waals surface area (Å²) in [6.07, 6.45) is 9.99. The van der Waals surface area contributed by atoms with Crippen molar-refractivity contribution < 1.29 is 27.9 Å². The lowest BCUT2D eigenvalue weighted by atomic mass is 9.85. The lowest BCUT2D eigenvalue weighted by Gasteiger charge is -2.55. The van der Waals surface area contributed by atoms with Gasteiger partial charge in [0.25, 0.3) is 0 Å². The van der Waals surface area contributed by atoms with E-state index in [1.54, 1.807) is 6.08 Å². The first-order valence-electron chi connectivity index (χ1n) is 19.5. The Labute approximate surface area is 309 Å². The summed E-state index contributed by atoms with van der Waals surface area (Å²) in [5.74, 6) is 0.629. The minimum absolute atomic E-state index is 0.0123. The Kier molecular flexibility index (Phi) is 15.0. The number of rotatable bonds is 15. The molecule has 0 aromatic rings. The summed E-state index contributed by atoms with van der Waals surface area (Å²) in [5, 5.41) is 0.0461. The van der Waals surface area contributed by atoms with Crippen molar-refractivity contribution in [1.82, 2.24) is 0 Å². The van der Waals surface area contributed by atoms with Gasteiger partial charge in [0.2, 0.25) is 0 Å². The van der Waals surface area contributed by atoms with Crippen LogP contribution in [0.1, 0.15) is 121 Å². The zero-order valence-electron chi connectivity index (χ0n) is 34.4. The number of fused-ring (bicyclic) bond motifs is 1. The molecular weight excluding hydrogens is 657 g/mol. The van der Waals surface area contributed by atoms with Crippen LogP contribution < -0.4 is 0 Å². The molecule has 50 heavy (non-hydrogen) atoms. The number of allylic oxidation sites excluding steroid dienone is 2. The van der Waals surface area contributed by atoms with E-state index < -0.39 is 16.6 Å². The van der Waals surface area contributed by atoms with Gasteiger partial charge in [-0.2, -0.15) is 0 Å². The molecule has 3 fully saturated rings. The van der Waals surface area contributed by atoms with Gasteiger partial charge in [0.1, 0.15) is 12.2 Å². The van der Waals surface area contributed by atoms with Crippen molar-refractivity contribution in [3.63, 3.8) is 0 Å². The monoisotopic (exact) mass is 731 g/mol. The van der Waals surface area contributed by atoms with E-state index in [9.17, 15) is 4.79 Å². The molecule has 0 aromatic heterocycles. The lowest BCUT2D eigenvalue weighted by molar-refractivity contribution is -0.260. The third-order valence-electron chi connectivity index (χ3n) is 12.4. The van der Waals surface area contributed by atoms with Crippen LogP contribution in [0.15, 0.2) is 42.2 Å². The normalized spacial score (nSPS) is 31.0. The number of ketones is 1. The highest BCUT2D eigenvalue weighted by molar-refractivity contribution is 6.74. The second-order valence-electron chi connectivity index (χ2n) is 19.0. The molecule has 0 N–H and O–H groups in total. The zero-order valence-corrected chi connectivity index (χ0v) is 36.4. The minimum Gasteiger partial charge on any atom is -0.409 e. The van der Waals surface area contributed by atoms with Gasteiger partial charge in [0.05, 0.1) is 36.6 Å². The summed E-state index contributed by atoms with van der Waals surface area (Å²) in [6, 6.07) is 0. The quantitative estimate of drug-likeness (QED) is 0.0723. The zero-order chi connectivity index (χ0) is 37.8. The third-order valence-corrected chi connectivity index (χ3v) is 21.3.